The molecule has 2 heterocycles. The van der Waals surface area contributed by atoms with Gasteiger partial charge in [-0.15, -0.1) is 0 Å². The fourth-order valence-corrected chi connectivity index (χ4v) is 1.76. The first-order chi connectivity index (χ1) is 8.20. The Bertz CT molecular complexity index is 393. The molecule has 1 atom stereocenters. The van der Waals surface area contributed by atoms with Crippen LogP contribution in [0, 0.1) is 0 Å². The average Bonchev–Trinajstić information content (AvgIpc) is 2.39. The average molecular weight is 236 g/mol. The summed E-state index contributed by atoms with van der Waals surface area (Å²) in [5.74, 6) is 0.113. The van der Waals surface area contributed by atoms with Gasteiger partial charge in [0, 0.05) is 25.5 Å². The lowest BCUT2D eigenvalue weighted by Gasteiger charge is -2.32. The summed E-state index contributed by atoms with van der Waals surface area (Å²) in [6, 6.07) is 0. The van der Waals surface area contributed by atoms with E-state index in [1.54, 1.807) is 0 Å². The molecule has 92 valence electrons. The van der Waals surface area contributed by atoms with Gasteiger partial charge in [0.1, 0.15) is 0 Å². The maximum Gasteiger partial charge on any atom is 0.251 e. The Hall–Kier alpha value is -1.69. The number of hydrogen-bond acceptors (Lipinski definition) is 5. The van der Waals surface area contributed by atoms with Gasteiger partial charge in [-0.1, -0.05) is 6.92 Å². The van der Waals surface area contributed by atoms with Crippen molar-refractivity contribution in [3.05, 3.63) is 18.0 Å². The molecule has 0 aromatic carbocycles. The zero-order chi connectivity index (χ0) is 12.3. The molecule has 17 heavy (non-hydrogen) atoms. The fourth-order valence-electron chi connectivity index (χ4n) is 1.76. The van der Waals surface area contributed by atoms with Crippen LogP contribution >= 0.6 is 0 Å². The monoisotopic (exact) mass is 236 g/mol. The highest BCUT2D eigenvalue weighted by atomic mass is 16.5. The lowest BCUT2D eigenvalue weighted by molar-refractivity contribution is 0.0378. The molecule has 2 N–H and O–H groups in total. The normalized spacial score (nSPS) is 20.3. The Morgan fingerprint density at radius 2 is 2.29 bits per heavy atom. The van der Waals surface area contributed by atoms with E-state index in [1.807, 2.05) is 0 Å². The summed E-state index contributed by atoms with van der Waals surface area (Å²) >= 11 is 0. The summed E-state index contributed by atoms with van der Waals surface area (Å²) in [6.45, 7) is 4.32. The number of nitrogens with zero attached hydrogens (tertiary/aromatic N) is 3. The van der Waals surface area contributed by atoms with Crippen molar-refractivity contribution in [1.82, 2.24) is 9.97 Å². The second-order valence-corrected chi connectivity index (χ2v) is 3.98. The van der Waals surface area contributed by atoms with E-state index in [9.17, 15) is 4.79 Å². The highest BCUT2D eigenvalue weighted by Gasteiger charge is 2.20. The molecule has 0 aliphatic carbocycles. The molecule has 1 aliphatic rings. The lowest BCUT2D eigenvalue weighted by atomic mass is 10.2. The van der Waals surface area contributed by atoms with Gasteiger partial charge in [0.25, 0.3) is 5.91 Å². The zero-order valence-electron chi connectivity index (χ0n) is 9.80. The van der Waals surface area contributed by atoms with Crippen LogP contribution in [0.4, 0.5) is 5.95 Å². The Morgan fingerprint density at radius 3 is 2.88 bits per heavy atom. The second-order valence-electron chi connectivity index (χ2n) is 3.98. The van der Waals surface area contributed by atoms with Crippen molar-refractivity contribution >= 4 is 11.9 Å². The summed E-state index contributed by atoms with van der Waals surface area (Å²) in [4.78, 5) is 21.3. The molecule has 1 saturated heterocycles. The third kappa shape index (κ3) is 2.71. The van der Waals surface area contributed by atoms with E-state index < -0.39 is 5.91 Å². The smallest absolute Gasteiger partial charge is 0.251 e. The van der Waals surface area contributed by atoms with E-state index in [2.05, 4.69) is 21.8 Å². The predicted molar refractivity (Wildman–Crippen MR) is 62.8 cm³/mol. The van der Waals surface area contributed by atoms with Crippen LogP contribution in [0.1, 0.15) is 23.7 Å². The molecule has 0 saturated carbocycles. The first kappa shape index (κ1) is 11.8. The fraction of sp³-hybridized carbons (Fsp3) is 0.545. The number of nitrogens with two attached hydrogens (primary N) is 1. The van der Waals surface area contributed by atoms with Crippen LogP contribution in [-0.2, 0) is 4.74 Å². The first-order valence-electron chi connectivity index (χ1n) is 5.69. The molecule has 1 amide bonds. The van der Waals surface area contributed by atoms with E-state index in [4.69, 9.17) is 10.5 Å². The van der Waals surface area contributed by atoms with Crippen LogP contribution in [0.25, 0.3) is 0 Å². The van der Waals surface area contributed by atoms with Crippen LogP contribution in [0.3, 0.4) is 0 Å². The minimum atomic E-state index is -0.509. The van der Waals surface area contributed by atoms with Crippen LogP contribution < -0.4 is 10.6 Å². The zero-order valence-corrected chi connectivity index (χ0v) is 9.80. The minimum Gasteiger partial charge on any atom is -0.375 e. The number of hydrogen-bond donors (Lipinski definition) is 1. The number of primary amides is 1. The number of ether oxygens (including phenoxy) is 1. The summed E-state index contributed by atoms with van der Waals surface area (Å²) in [7, 11) is 0. The third-order valence-electron chi connectivity index (χ3n) is 2.80. The minimum absolute atomic E-state index is 0.225. The van der Waals surface area contributed by atoms with Crippen molar-refractivity contribution in [3.63, 3.8) is 0 Å². The van der Waals surface area contributed by atoms with Gasteiger partial charge in [-0.2, -0.15) is 0 Å². The second kappa shape index (κ2) is 5.09. The molecule has 0 spiro atoms. The number of morpholine rings is 1. The number of rotatable bonds is 3. The van der Waals surface area contributed by atoms with E-state index >= 15 is 0 Å². The van der Waals surface area contributed by atoms with Gasteiger partial charge in [0.2, 0.25) is 5.95 Å². The molecular formula is C11H16N4O2. The van der Waals surface area contributed by atoms with Gasteiger partial charge >= 0.3 is 0 Å². The van der Waals surface area contributed by atoms with Gasteiger partial charge in [0.15, 0.2) is 0 Å². The summed E-state index contributed by atoms with van der Waals surface area (Å²) < 4.78 is 5.57. The maximum atomic E-state index is 10.9. The molecular weight excluding hydrogens is 220 g/mol. The molecule has 6 nitrogen and oxygen atoms in total. The van der Waals surface area contributed by atoms with Crippen molar-refractivity contribution in [2.45, 2.75) is 19.4 Å². The van der Waals surface area contributed by atoms with E-state index in [0.717, 1.165) is 19.5 Å². The molecule has 1 unspecified atom stereocenters. The SMILES string of the molecule is CCC1CN(c2ncc(C(N)=O)cn2)CCO1. The van der Waals surface area contributed by atoms with Crippen molar-refractivity contribution in [3.8, 4) is 0 Å². The number of carbonyl (C=O) groups excluding carboxylic acids is 1. The molecule has 0 bridgehead atoms. The van der Waals surface area contributed by atoms with Crippen LogP contribution in [0.5, 0.6) is 0 Å². The number of anilines is 1. The Kier molecular flexibility index (Phi) is 3.53. The van der Waals surface area contributed by atoms with Gasteiger partial charge in [-0.3, -0.25) is 4.79 Å². The third-order valence-corrected chi connectivity index (χ3v) is 2.80. The molecule has 0 radical (unpaired) electrons. The molecule has 6 heteroatoms. The number of carbonyl (C=O) groups is 1. The standard InChI is InChI=1S/C11H16N4O2/c1-2-9-7-15(3-4-17-9)11-13-5-8(6-14-11)10(12)16/h5-6,9H,2-4,7H2,1H3,(H2,12,16). The van der Waals surface area contributed by atoms with Crippen LogP contribution in [0.2, 0.25) is 0 Å². The van der Waals surface area contributed by atoms with Crippen LogP contribution in [-0.4, -0.2) is 41.7 Å². The summed E-state index contributed by atoms with van der Waals surface area (Å²) in [6.07, 6.45) is 4.11. The van der Waals surface area contributed by atoms with E-state index in [0.29, 0.717) is 18.1 Å². The Morgan fingerprint density at radius 1 is 1.59 bits per heavy atom. The highest BCUT2D eigenvalue weighted by molar-refractivity contribution is 5.92. The summed E-state index contributed by atoms with van der Waals surface area (Å²) in [5.41, 5.74) is 5.46. The van der Waals surface area contributed by atoms with E-state index in [-0.39, 0.29) is 6.10 Å². The predicted octanol–water partition coefficient (Wildman–Crippen LogP) is 0.191. The molecule has 1 aromatic heterocycles. The maximum absolute atomic E-state index is 10.9. The molecule has 2 rings (SSSR count). The van der Waals surface area contributed by atoms with Crippen molar-refractivity contribution in [2.24, 2.45) is 5.73 Å². The van der Waals surface area contributed by atoms with Crippen molar-refractivity contribution < 1.29 is 9.53 Å². The summed E-state index contributed by atoms with van der Waals surface area (Å²) in [5, 5.41) is 0. The number of aromatic nitrogens is 2. The topological polar surface area (TPSA) is 81.3 Å². The molecule has 1 aliphatic heterocycles. The van der Waals surface area contributed by atoms with Gasteiger partial charge < -0.3 is 15.4 Å². The Labute approximate surface area is 99.8 Å². The van der Waals surface area contributed by atoms with Gasteiger partial charge in [0.05, 0.1) is 18.3 Å². The molecule has 1 fully saturated rings. The van der Waals surface area contributed by atoms with Crippen molar-refractivity contribution in [1.29, 1.82) is 0 Å². The first-order valence-corrected chi connectivity index (χ1v) is 5.69. The largest absolute Gasteiger partial charge is 0.375 e. The quantitative estimate of drug-likeness (QED) is 0.810. The molecule has 1 aromatic rings. The number of amides is 1. The lowest BCUT2D eigenvalue weighted by Crippen LogP contribution is -2.43. The van der Waals surface area contributed by atoms with Crippen molar-refractivity contribution in [2.75, 3.05) is 24.6 Å². The highest BCUT2D eigenvalue weighted by Crippen LogP contribution is 2.14. The van der Waals surface area contributed by atoms with Gasteiger partial charge in [-0.05, 0) is 6.42 Å². The van der Waals surface area contributed by atoms with E-state index in [1.165, 1.54) is 12.4 Å². The van der Waals surface area contributed by atoms with Gasteiger partial charge in [-0.25, -0.2) is 9.97 Å². The van der Waals surface area contributed by atoms with Crippen LogP contribution in [0.15, 0.2) is 12.4 Å². The Balaban J connectivity index is 2.08.